The standard InChI is InChI=1S/C13H21NS/c1-10-8-13(15-3)9-12(11(10)2)6-4-5-7-14/h8-9H,4-7,14H2,1-3H3. The molecule has 0 aromatic heterocycles. The Labute approximate surface area is 97.4 Å². The molecule has 0 fully saturated rings. The molecule has 0 atom stereocenters. The first-order chi connectivity index (χ1) is 7.19. The van der Waals surface area contributed by atoms with Crippen LogP contribution in [0.2, 0.25) is 0 Å². The van der Waals surface area contributed by atoms with Crippen molar-refractivity contribution >= 4 is 11.8 Å². The van der Waals surface area contributed by atoms with Crippen molar-refractivity contribution in [2.45, 2.75) is 38.0 Å². The summed E-state index contributed by atoms with van der Waals surface area (Å²) < 4.78 is 0. The third kappa shape index (κ3) is 3.54. The van der Waals surface area contributed by atoms with E-state index in [1.165, 1.54) is 28.0 Å². The van der Waals surface area contributed by atoms with Crippen molar-refractivity contribution in [3.8, 4) is 0 Å². The smallest absolute Gasteiger partial charge is 0.00746 e. The first-order valence-electron chi connectivity index (χ1n) is 5.53. The van der Waals surface area contributed by atoms with E-state index >= 15 is 0 Å². The van der Waals surface area contributed by atoms with Crippen molar-refractivity contribution in [3.63, 3.8) is 0 Å². The molecular formula is C13H21NS. The number of nitrogens with two attached hydrogens (primary N) is 1. The summed E-state index contributed by atoms with van der Waals surface area (Å²) in [7, 11) is 0. The summed E-state index contributed by atoms with van der Waals surface area (Å²) in [6, 6.07) is 4.59. The van der Waals surface area contributed by atoms with Crippen LogP contribution in [-0.2, 0) is 6.42 Å². The second-order valence-corrected chi connectivity index (χ2v) is 4.85. The molecule has 2 N–H and O–H groups in total. The predicted molar refractivity (Wildman–Crippen MR) is 69.7 cm³/mol. The summed E-state index contributed by atoms with van der Waals surface area (Å²) in [6.07, 6.45) is 5.63. The molecule has 0 unspecified atom stereocenters. The van der Waals surface area contributed by atoms with Crippen LogP contribution in [0.15, 0.2) is 17.0 Å². The van der Waals surface area contributed by atoms with E-state index in [2.05, 4.69) is 32.2 Å². The molecule has 1 aromatic carbocycles. The van der Waals surface area contributed by atoms with Crippen molar-refractivity contribution in [3.05, 3.63) is 28.8 Å². The maximum Gasteiger partial charge on any atom is 0.00746 e. The lowest BCUT2D eigenvalue weighted by Crippen LogP contribution is -2.00. The molecule has 0 aliphatic carbocycles. The highest BCUT2D eigenvalue weighted by Gasteiger charge is 2.03. The van der Waals surface area contributed by atoms with E-state index in [0.717, 1.165) is 19.4 Å². The molecule has 2 heteroatoms. The number of rotatable bonds is 5. The minimum atomic E-state index is 0.806. The molecule has 1 aromatic rings. The molecule has 0 aliphatic rings. The molecule has 0 saturated heterocycles. The topological polar surface area (TPSA) is 26.0 Å². The van der Waals surface area contributed by atoms with Crippen LogP contribution >= 0.6 is 11.8 Å². The van der Waals surface area contributed by atoms with Gasteiger partial charge in [0.15, 0.2) is 0 Å². The van der Waals surface area contributed by atoms with Gasteiger partial charge in [0.05, 0.1) is 0 Å². The molecule has 1 nitrogen and oxygen atoms in total. The molecule has 0 heterocycles. The van der Waals surface area contributed by atoms with Gasteiger partial charge in [0.1, 0.15) is 0 Å². The summed E-state index contributed by atoms with van der Waals surface area (Å²) in [5, 5.41) is 0. The zero-order valence-electron chi connectivity index (χ0n) is 9.97. The van der Waals surface area contributed by atoms with Crippen LogP contribution in [0.1, 0.15) is 29.5 Å². The van der Waals surface area contributed by atoms with Crippen LogP contribution in [0, 0.1) is 13.8 Å². The molecule has 0 radical (unpaired) electrons. The molecule has 1 rings (SSSR count). The number of thioether (sulfide) groups is 1. The quantitative estimate of drug-likeness (QED) is 0.612. The molecule has 0 amide bonds. The highest BCUT2D eigenvalue weighted by molar-refractivity contribution is 7.98. The van der Waals surface area contributed by atoms with Gasteiger partial charge in [-0.1, -0.05) is 0 Å². The molecule has 0 aliphatic heterocycles. The Morgan fingerprint density at radius 2 is 1.93 bits per heavy atom. The lowest BCUT2D eigenvalue weighted by atomic mass is 9.99. The Morgan fingerprint density at radius 1 is 1.20 bits per heavy atom. The van der Waals surface area contributed by atoms with E-state index in [0.29, 0.717) is 0 Å². The SMILES string of the molecule is CSc1cc(C)c(C)c(CCCCN)c1. The first-order valence-corrected chi connectivity index (χ1v) is 6.75. The maximum absolute atomic E-state index is 5.51. The van der Waals surface area contributed by atoms with Gasteiger partial charge in [-0.3, -0.25) is 0 Å². The lowest BCUT2D eigenvalue weighted by Gasteiger charge is -2.10. The van der Waals surface area contributed by atoms with Crippen molar-refractivity contribution in [1.82, 2.24) is 0 Å². The van der Waals surface area contributed by atoms with E-state index in [9.17, 15) is 0 Å². The first kappa shape index (κ1) is 12.6. The Morgan fingerprint density at radius 3 is 2.53 bits per heavy atom. The zero-order valence-corrected chi connectivity index (χ0v) is 10.8. The average Bonchev–Trinajstić information content (AvgIpc) is 2.24. The Bertz CT molecular complexity index is 321. The lowest BCUT2D eigenvalue weighted by molar-refractivity contribution is 0.740. The van der Waals surface area contributed by atoms with Crippen molar-refractivity contribution in [2.75, 3.05) is 12.8 Å². The van der Waals surface area contributed by atoms with Crippen LogP contribution in [-0.4, -0.2) is 12.8 Å². The summed E-state index contributed by atoms with van der Waals surface area (Å²) in [4.78, 5) is 1.38. The zero-order chi connectivity index (χ0) is 11.3. The highest BCUT2D eigenvalue weighted by atomic mass is 32.2. The number of benzene rings is 1. The number of hydrogen-bond acceptors (Lipinski definition) is 2. The van der Waals surface area contributed by atoms with E-state index in [1.807, 2.05) is 11.8 Å². The minimum absolute atomic E-state index is 0.806. The Balaban J connectivity index is 2.80. The second kappa shape index (κ2) is 6.19. The molecular weight excluding hydrogens is 202 g/mol. The third-order valence-electron chi connectivity index (χ3n) is 2.88. The number of aryl methyl sites for hydroxylation is 2. The van der Waals surface area contributed by atoms with Crippen molar-refractivity contribution < 1.29 is 0 Å². The van der Waals surface area contributed by atoms with E-state index in [4.69, 9.17) is 5.73 Å². The van der Waals surface area contributed by atoms with E-state index in [-0.39, 0.29) is 0 Å². The van der Waals surface area contributed by atoms with Gasteiger partial charge in [0.2, 0.25) is 0 Å². The fraction of sp³-hybridized carbons (Fsp3) is 0.538. The second-order valence-electron chi connectivity index (χ2n) is 3.97. The molecule has 0 spiro atoms. The summed E-state index contributed by atoms with van der Waals surface area (Å²) >= 11 is 1.82. The molecule has 0 bridgehead atoms. The minimum Gasteiger partial charge on any atom is -0.330 e. The normalized spacial score (nSPS) is 10.7. The van der Waals surface area contributed by atoms with Crippen LogP contribution < -0.4 is 5.73 Å². The summed E-state index contributed by atoms with van der Waals surface area (Å²) in [5.74, 6) is 0. The largest absolute Gasteiger partial charge is 0.330 e. The van der Waals surface area contributed by atoms with Gasteiger partial charge in [-0.15, -0.1) is 11.8 Å². The van der Waals surface area contributed by atoms with Crippen LogP contribution in [0.25, 0.3) is 0 Å². The van der Waals surface area contributed by atoms with Crippen LogP contribution in [0.4, 0.5) is 0 Å². The van der Waals surface area contributed by atoms with Gasteiger partial charge in [0.25, 0.3) is 0 Å². The monoisotopic (exact) mass is 223 g/mol. The Hall–Kier alpha value is -0.470. The highest BCUT2D eigenvalue weighted by Crippen LogP contribution is 2.23. The van der Waals surface area contributed by atoms with Gasteiger partial charge in [0, 0.05) is 4.90 Å². The third-order valence-corrected chi connectivity index (χ3v) is 3.59. The predicted octanol–water partition coefficient (Wildman–Crippen LogP) is 3.31. The van der Waals surface area contributed by atoms with Crippen molar-refractivity contribution in [1.29, 1.82) is 0 Å². The van der Waals surface area contributed by atoms with Crippen molar-refractivity contribution in [2.24, 2.45) is 5.73 Å². The molecule has 15 heavy (non-hydrogen) atoms. The van der Waals surface area contributed by atoms with Gasteiger partial charge >= 0.3 is 0 Å². The number of hydrogen-bond donors (Lipinski definition) is 1. The molecule has 84 valence electrons. The van der Waals surface area contributed by atoms with Crippen LogP contribution in [0.3, 0.4) is 0 Å². The maximum atomic E-state index is 5.51. The summed E-state index contributed by atoms with van der Waals surface area (Å²) in [5.41, 5.74) is 9.86. The average molecular weight is 223 g/mol. The molecule has 0 saturated carbocycles. The van der Waals surface area contributed by atoms with Gasteiger partial charge in [-0.05, 0) is 74.7 Å². The fourth-order valence-electron chi connectivity index (χ4n) is 1.73. The fourth-order valence-corrected chi connectivity index (χ4v) is 2.29. The van der Waals surface area contributed by atoms with Gasteiger partial charge < -0.3 is 5.73 Å². The number of unbranched alkanes of at least 4 members (excludes halogenated alkanes) is 1. The van der Waals surface area contributed by atoms with E-state index < -0.39 is 0 Å². The van der Waals surface area contributed by atoms with E-state index in [1.54, 1.807) is 0 Å². The van der Waals surface area contributed by atoms with Crippen LogP contribution in [0.5, 0.6) is 0 Å². The Kier molecular flexibility index (Phi) is 5.20. The summed E-state index contributed by atoms with van der Waals surface area (Å²) in [6.45, 7) is 5.22. The van der Waals surface area contributed by atoms with Gasteiger partial charge in [-0.2, -0.15) is 0 Å². The van der Waals surface area contributed by atoms with Gasteiger partial charge in [-0.25, -0.2) is 0 Å².